The minimum absolute atomic E-state index is 0.258. The van der Waals surface area contributed by atoms with Crippen molar-refractivity contribution in [2.24, 2.45) is 23.7 Å². The van der Waals surface area contributed by atoms with Gasteiger partial charge in [-0.15, -0.1) is 0 Å². The Morgan fingerprint density at radius 1 is 1.21 bits per heavy atom. The van der Waals surface area contributed by atoms with Crippen molar-refractivity contribution in [2.45, 2.75) is 36.5 Å². The molecule has 2 saturated carbocycles. The van der Waals surface area contributed by atoms with E-state index in [1.165, 1.54) is 12.1 Å². The number of hydrogen-bond acceptors (Lipinski definition) is 8. The SMILES string of the molecule is O=C(OC1C2CC3C1OC(=O)C3C2C(=O)OCCC(F)C(F)(F)S(=O)(=O)O)c1ccccc1. The maximum Gasteiger partial charge on any atom is 0.400 e. The number of rotatable bonds is 8. The predicted molar refractivity (Wildman–Crippen MR) is 101 cm³/mol. The zero-order valence-electron chi connectivity index (χ0n) is 16.8. The van der Waals surface area contributed by atoms with E-state index < -0.39 is 88.4 Å². The zero-order valence-corrected chi connectivity index (χ0v) is 17.6. The van der Waals surface area contributed by atoms with Gasteiger partial charge in [-0.3, -0.25) is 14.1 Å². The van der Waals surface area contributed by atoms with Gasteiger partial charge in [-0.2, -0.15) is 17.2 Å². The fourth-order valence-corrected chi connectivity index (χ4v) is 5.36. The number of fused-ring (bicyclic) bond motifs is 1. The summed E-state index contributed by atoms with van der Waals surface area (Å²) in [6, 6.07) is 8.03. The molecule has 180 valence electrons. The molecule has 3 fully saturated rings. The highest BCUT2D eigenvalue weighted by Gasteiger charge is 2.70. The van der Waals surface area contributed by atoms with Crippen LogP contribution in [-0.2, 0) is 33.9 Å². The lowest BCUT2D eigenvalue weighted by Gasteiger charge is -2.30. The van der Waals surface area contributed by atoms with Crippen molar-refractivity contribution in [1.29, 1.82) is 0 Å². The Morgan fingerprint density at radius 3 is 2.52 bits per heavy atom. The van der Waals surface area contributed by atoms with Crippen molar-refractivity contribution in [3.05, 3.63) is 35.9 Å². The lowest BCUT2D eigenvalue weighted by molar-refractivity contribution is -0.157. The van der Waals surface area contributed by atoms with E-state index in [4.69, 9.17) is 18.8 Å². The highest BCUT2D eigenvalue weighted by molar-refractivity contribution is 7.86. The first-order chi connectivity index (χ1) is 15.4. The summed E-state index contributed by atoms with van der Waals surface area (Å²) in [6.07, 6.45) is -5.82. The van der Waals surface area contributed by atoms with Crippen molar-refractivity contribution in [2.75, 3.05) is 6.61 Å². The van der Waals surface area contributed by atoms with Gasteiger partial charge in [0.2, 0.25) is 0 Å². The Kier molecular flexibility index (Phi) is 5.89. The van der Waals surface area contributed by atoms with Crippen LogP contribution in [0.2, 0.25) is 0 Å². The van der Waals surface area contributed by atoms with Crippen LogP contribution in [0, 0.1) is 23.7 Å². The molecule has 0 aromatic heterocycles. The highest BCUT2D eigenvalue weighted by atomic mass is 32.2. The molecule has 0 radical (unpaired) electrons. The van der Waals surface area contributed by atoms with E-state index in [0.717, 1.165) is 0 Å². The van der Waals surface area contributed by atoms with Crippen LogP contribution in [0.15, 0.2) is 30.3 Å². The molecule has 0 spiro atoms. The molecule has 1 saturated heterocycles. The summed E-state index contributed by atoms with van der Waals surface area (Å²) in [5, 5.41) is -5.06. The summed E-state index contributed by atoms with van der Waals surface area (Å²) in [4.78, 5) is 37.4. The van der Waals surface area contributed by atoms with Crippen LogP contribution in [0.1, 0.15) is 23.2 Å². The number of ether oxygens (including phenoxy) is 3. The van der Waals surface area contributed by atoms with Crippen molar-refractivity contribution in [3.8, 4) is 0 Å². The number of esters is 3. The molecule has 3 aliphatic rings. The Labute approximate surface area is 185 Å². The molecule has 9 nitrogen and oxygen atoms in total. The first-order valence-corrected chi connectivity index (χ1v) is 11.5. The van der Waals surface area contributed by atoms with E-state index in [9.17, 15) is 36.0 Å². The molecular formula is C20H19F3O9S. The number of alkyl halides is 3. The minimum Gasteiger partial charge on any atom is -0.465 e. The molecule has 1 N–H and O–H groups in total. The molecule has 4 rings (SSSR count). The number of hydrogen-bond donors (Lipinski definition) is 1. The van der Waals surface area contributed by atoms with Gasteiger partial charge in [-0.05, 0) is 18.6 Å². The molecule has 33 heavy (non-hydrogen) atoms. The van der Waals surface area contributed by atoms with Gasteiger partial charge in [0, 0.05) is 18.3 Å². The molecule has 7 atom stereocenters. The van der Waals surface area contributed by atoms with Gasteiger partial charge in [0.1, 0.15) is 12.2 Å². The monoisotopic (exact) mass is 492 g/mol. The summed E-state index contributed by atoms with van der Waals surface area (Å²) in [5.41, 5.74) is 0.258. The first kappa shape index (κ1) is 23.5. The van der Waals surface area contributed by atoms with Gasteiger partial charge >= 0.3 is 33.3 Å². The zero-order chi connectivity index (χ0) is 24.1. The van der Waals surface area contributed by atoms with E-state index in [-0.39, 0.29) is 5.56 Å². The van der Waals surface area contributed by atoms with Gasteiger partial charge in [0.15, 0.2) is 6.17 Å². The van der Waals surface area contributed by atoms with Crippen LogP contribution in [0.3, 0.4) is 0 Å². The van der Waals surface area contributed by atoms with Crippen LogP contribution in [-0.4, -0.2) is 61.1 Å². The topological polar surface area (TPSA) is 133 Å². The fraction of sp³-hybridized carbons (Fsp3) is 0.550. The van der Waals surface area contributed by atoms with E-state index in [1.807, 2.05) is 0 Å². The smallest absolute Gasteiger partial charge is 0.400 e. The highest BCUT2D eigenvalue weighted by Crippen LogP contribution is 2.59. The quantitative estimate of drug-likeness (QED) is 0.327. The van der Waals surface area contributed by atoms with Gasteiger partial charge < -0.3 is 14.2 Å². The van der Waals surface area contributed by atoms with Crippen molar-refractivity contribution >= 4 is 28.0 Å². The molecule has 1 heterocycles. The predicted octanol–water partition coefficient (Wildman–Crippen LogP) is 1.77. The summed E-state index contributed by atoms with van der Waals surface area (Å²) in [6.45, 7) is -0.918. The van der Waals surface area contributed by atoms with Gasteiger partial charge in [-0.25, -0.2) is 9.18 Å². The lowest BCUT2D eigenvalue weighted by Crippen LogP contribution is -2.44. The Hall–Kier alpha value is -2.67. The second kappa shape index (κ2) is 8.28. The summed E-state index contributed by atoms with van der Waals surface area (Å²) in [7, 11) is -5.99. The van der Waals surface area contributed by atoms with E-state index >= 15 is 0 Å². The van der Waals surface area contributed by atoms with Crippen molar-refractivity contribution in [1.82, 2.24) is 0 Å². The maximum absolute atomic E-state index is 13.6. The van der Waals surface area contributed by atoms with E-state index in [1.54, 1.807) is 18.2 Å². The largest absolute Gasteiger partial charge is 0.465 e. The Morgan fingerprint density at radius 2 is 1.88 bits per heavy atom. The van der Waals surface area contributed by atoms with Crippen LogP contribution in [0.5, 0.6) is 0 Å². The normalized spacial score (nSPS) is 31.2. The molecular weight excluding hydrogens is 473 g/mol. The molecule has 13 heteroatoms. The number of halogens is 3. The molecule has 2 aliphatic carbocycles. The van der Waals surface area contributed by atoms with Gasteiger partial charge in [0.05, 0.1) is 24.0 Å². The standard InChI is InChI=1S/C20H19F3O9S/c21-12(20(22,23)33(27,28)29)6-7-30-18(25)13-10-8-11-14(13)19(26)32-16(11)15(10)31-17(24)9-4-2-1-3-5-9/h1-5,10-16H,6-8H2,(H,27,28,29). The van der Waals surface area contributed by atoms with E-state index in [2.05, 4.69) is 0 Å². The second-order valence-electron chi connectivity index (χ2n) is 8.21. The Bertz CT molecular complexity index is 1060. The molecule has 2 bridgehead atoms. The number of carbonyl (C=O) groups is 3. The van der Waals surface area contributed by atoms with Crippen LogP contribution < -0.4 is 0 Å². The molecule has 1 aromatic rings. The summed E-state index contributed by atoms with van der Waals surface area (Å²) in [5.74, 6) is -5.31. The maximum atomic E-state index is 13.6. The summed E-state index contributed by atoms with van der Waals surface area (Å²) >= 11 is 0. The third-order valence-electron chi connectivity index (χ3n) is 6.39. The number of benzene rings is 1. The minimum atomic E-state index is -5.99. The summed E-state index contributed by atoms with van der Waals surface area (Å²) < 4.78 is 85.6. The Balaban J connectivity index is 1.42. The van der Waals surface area contributed by atoms with Crippen LogP contribution in [0.25, 0.3) is 0 Å². The van der Waals surface area contributed by atoms with Crippen molar-refractivity contribution < 1.29 is 54.7 Å². The average molecular weight is 492 g/mol. The number of carbonyl (C=O) groups excluding carboxylic acids is 3. The van der Waals surface area contributed by atoms with Gasteiger partial charge in [0.25, 0.3) is 0 Å². The third-order valence-corrected chi connectivity index (χ3v) is 7.34. The second-order valence-corrected chi connectivity index (χ2v) is 9.71. The molecule has 1 aliphatic heterocycles. The van der Waals surface area contributed by atoms with E-state index in [0.29, 0.717) is 6.42 Å². The average Bonchev–Trinajstić information content (AvgIpc) is 3.37. The van der Waals surface area contributed by atoms with Crippen LogP contribution >= 0.6 is 0 Å². The third kappa shape index (κ3) is 3.97. The molecule has 1 aromatic carbocycles. The molecule has 0 amide bonds. The molecule has 7 unspecified atom stereocenters. The van der Waals surface area contributed by atoms with Gasteiger partial charge in [-0.1, -0.05) is 18.2 Å². The van der Waals surface area contributed by atoms with Crippen LogP contribution in [0.4, 0.5) is 13.2 Å². The van der Waals surface area contributed by atoms with Crippen molar-refractivity contribution in [3.63, 3.8) is 0 Å². The fourth-order valence-electron chi connectivity index (χ4n) is 4.92. The lowest BCUT2D eigenvalue weighted by atomic mass is 9.78. The first-order valence-electron chi connectivity index (χ1n) is 10.1.